The number of rotatable bonds is 5. The molecule has 168 valence electrons. The van der Waals surface area contributed by atoms with E-state index in [0.717, 1.165) is 42.4 Å². The summed E-state index contributed by atoms with van der Waals surface area (Å²) < 4.78 is 15.0. The number of hydrogen-bond donors (Lipinski definition) is 1. The van der Waals surface area contributed by atoms with Crippen molar-refractivity contribution in [1.29, 1.82) is 0 Å². The van der Waals surface area contributed by atoms with E-state index in [1.54, 1.807) is 0 Å². The molecule has 29 heavy (non-hydrogen) atoms. The molecule has 4 aliphatic rings. The van der Waals surface area contributed by atoms with Crippen LogP contribution in [0, 0.1) is 52.3 Å². The quantitative estimate of drug-likeness (QED) is 0.504. The molecule has 1 nitrogen and oxygen atoms in total. The van der Waals surface area contributed by atoms with Gasteiger partial charge in [-0.2, -0.15) is 0 Å². The topological polar surface area (TPSA) is 20.2 Å². The van der Waals surface area contributed by atoms with E-state index in [4.69, 9.17) is 0 Å². The van der Waals surface area contributed by atoms with Crippen LogP contribution in [0.5, 0.6) is 0 Å². The highest BCUT2D eigenvalue weighted by Crippen LogP contribution is 2.68. The molecule has 0 radical (unpaired) electrons. The van der Waals surface area contributed by atoms with E-state index >= 15 is 0 Å². The van der Waals surface area contributed by atoms with Crippen molar-refractivity contribution < 1.29 is 9.50 Å². The van der Waals surface area contributed by atoms with Crippen molar-refractivity contribution in [2.24, 2.45) is 52.3 Å². The Kier molecular flexibility index (Phi) is 6.17. The summed E-state index contributed by atoms with van der Waals surface area (Å²) in [7, 11) is 0. The highest BCUT2D eigenvalue weighted by molar-refractivity contribution is 5.11. The first-order valence-electron chi connectivity index (χ1n) is 13.0. The molecule has 1 N–H and O–H groups in total. The average Bonchev–Trinajstić information content (AvgIpc) is 3.02. The summed E-state index contributed by atoms with van der Waals surface area (Å²) in [6.45, 7) is 12.3. The molecular formula is C27H47FO. The normalized spacial score (nSPS) is 50.7. The van der Waals surface area contributed by atoms with Crippen molar-refractivity contribution in [3.63, 3.8) is 0 Å². The number of aliphatic hydroxyl groups excluding tert-OH is 1. The lowest BCUT2D eigenvalue weighted by Gasteiger charge is -2.61. The fourth-order valence-electron chi connectivity index (χ4n) is 9.29. The molecule has 0 aromatic rings. The highest BCUT2D eigenvalue weighted by Gasteiger charge is 2.62. The fraction of sp³-hybridized carbons (Fsp3) is 1.00. The summed E-state index contributed by atoms with van der Waals surface area (Å²) in [5.41, 5.74) is 0.648. The molecule has 0 aliphatic heterocycles. The molecule has 4 rings (SSSR count). The standard InChI is InChI=1S/C27H47FO/c1-17(2)7-6-8-18(3)20-11-12-21-19-9-10-23-25(28)24(29)14-16-27(23,5)22(19)13-15-26(20,21)4/h17-25,29H,6-16H2,1-5H3/t18-,19+,20-,21+,22+,23+,24+,25+,26-,27-/m1/s1. The lowest BCUT2D eigenvalue weighted by molar-refractivity contribution is -0.156. The van der Waals surface area contributed by atoms with Crippen molar-refractivity contribution in [2.75, 3.05) is 0 Å². The Hall–Kier alpha value is -0.110. The van der Waals surface area contributed by atoms with Gasteiger partial charge < -0.3 is 5.11 Å². The van der Waals surface area contributed by atoms with E-state index in [2.05, 4.69) is 34.6 Å². The summed E-state index contributed by atoms with van der Waals surface area (Å²) >= 11 is 0. The van der Waals surface area contributed by atoms with Crippen LogP contribution >= 0.6 is 0 Å². The molecule has 4 saturated carbocycles. The molecule has 0 heterocycles. The molecule has 10 atom stereocenters. The van der Waals surface area contributed by atoms with Crippen molar-refractivity contribution >= 4 is 0 Å². The van der Waals surface area contributed by atoms with Gasteiger partial charge in [0.2, 0.25) is 0 Å². The first-order valence-corrected chi connectivity index (χ1v) is 13.0. The molecule has 0 aromatic heterocycles. The summed E-state index contributed by atoms with van der Waals surface area (Å²) in [4.78, 5) is 0. The monoisotopic (exact) mass is 406 g/mol. The van der Waals surface area contributed by atoms with Crippen LogP contribution in [0.2, 0.25) is 0 Å². The fourth-order valence-corrected chi connectivity index (χ4v) is 9.29. The van der Waals surface area contributed by atoms with Crippen molar-refractivity contribution in [3.05, 3.63) is 0 Å². The number of halogens is 1. The summed E-state index contributed by atoms with van der Waals surface area (Å²) in [6, 6.07) is 0. The predicted molar refractivity (Wildman–Crippen MR) is 119 cm³/mol. The second-order valence-corrected chi connectivity index (χ2v) is 12.6. The van der Waals surface area contributed by atoms with E-state index in [9.17, 15) is 9.50 Å². The van der Waals surface area contributed by atoms with Gasteiger partial charge in [0.1, 0.15) is 6.17 Å². The SMILES string of the molecule is CC(C)CCC[C@@H](C)[C@H]1CC[C@H]2[C@@H]3CC[C@H]4[C@H](F)[C@@H](O)CC[C@]4(C)[C@H]3CC[C@]12C. The number of aliphatic hydroxyl groups is 1. The van der Waals surface area contributed by atoms with Crippen LogP contribution in [0.4, 0.5) is 4.39 Å². The molecule has 0 unspecified atom stereocenters. The Labute approximate surface area is 179 Å². The second-order valence-electron chi connectivity index (χ2n) is 12.6. The Bertz CT molecular complexity index is 575. The van der Waals surface area contributed by atoms with Gasteiger partial charge in [0.15, 0.2) is 0 Å². The van der Waals surface area contributed by atoms with Crippen molar-refractivity contribution in [1.82, 2.24) is 0 Å². The van der Waals surface area contributed by atoms with Gasteiger partial charge in [0, 0.05) is 0 Å². The molecule has 4 fully saturated rings. The van der Waals surface area contributed by atoms with Crippen molar-refractivity contribution in [3.8, 4) is 0 Å². The van der Waals surface area contributed by atoms with E-state index in [1.807, 2.05) is 0 Å². The molecule has 0 amide bonds. The predicted octanol–water partition coefficient (Wildman–Crippen LogP) is 7.42. The van der Waals surface area contributed by atoms with Crippen LogP contribution < -0.4 is 0 Å². The Morgan fingerprint density at radius 1 is 0.828 bits per heavy atom. The third-order valence-corrected chi connectivity index (χ3v) is 10.9. The Balaban J connectivity index is 1.48. The Morgan fingerprint density at radius 2 is 1.48 bits per heavy atom. The zero-order chi connectivity index (χ0) is 21.0. The zero-order valence-corrected chi connectivity index (χ0v) is 19.8. The Morgan fingerprint density at radius 3 is 2.21 bits per heavy atom. The molecule has 4 aliphatic carbocycles. The van der Waals surface area contributed by atoms with E-state index in [1.165, 1.54) is 51.4 Å². The molecule has 2 heteroatoms. The number of alkyl halides is 1. The maximum absolute atomic E-state index is 15.0. The lowest BCUT2D eigenvalue weighted by Crippen LogP contribution is -2.57. The smallest absolute Gasteiger partial charge is 0.129 e. The third-order valence-electron chi connectivity index (χ3n) is 10.9. The first-order chi connectivity index (χ1) is 13.7. The third kappa shape index (κ3) is 3.62. The largest absolute Gasteiger partial charge is 0.390 e. The minimum absolute atomic E-state index is 0.101. The van der Waals surface area contributed by atoms with Crippen LogP contribution in [-0.4, -0.2) is 17.4 Å². The minimum atomic E-state index is -0.986. The van der Waals surface area contributed by atoms with Gasteiger partial charge in [-0.25, -0.2) is 4.39 Å². The van der Waals surface area contributed by atoms with E-state index < -0.39 is 12.3 Å². The van der Waals surface area contributed by atoms with Crippen LogP contribution in [0.1, 0.15) is 105 Å². The van der Waals surface area contributed by atoms with Gasteiger partial charge in [-0.3, -0.25) is 0 Å². The number of fused-ring (bicyclic) bond motifs is 5. The number of hydrogen-bond acceptors (Lipinski definition) is 1. The van der Waals surface area contributed by atoms with Crippen LogP contribution in [0.25, 0.3) is 0 Å². The maximum atomic E-state index is 15.0. The first kappa shape index (κ1) is 22.1. The van der Waals surface area contributed by atoms with E-state index in [0.29, 0.717) is 17.8 Å². The molecule has 0 spiro atoms. The van der Waals surface area contributed by atoms with Crippen LogP contribution in [0.15, 0.2) is 0 Å². The van der Waals surface area contributed by atoms with Crippen molar-refractivity contribution in [2.45, 2.75) is 118 Å². The molecule has 0 bridgehead atoms. The zero-order valence-electron chi connectivity index (χ0n) is 19.8. The van der Waals surface area contributed by atoms with Gasteiger partial charge in [-0.05, 0) is 104 Å². The summed E-state index contributed by atoms with van der Waals surface area (Å²) in [5.74, 6) is 5.05. The van der Waals surface area contributed by atoms with Crippen LogP contribution in [-0.2, 0) is 0 Å². The highest BCUT2D eigenvalue weighted by atomic mass is 19.1. The molecular weight excluding hydrogens is 359 g/mol. The summed E-state index contributed by atoms with van der Waals surface area (Å²) in [6.07, 6.45) is 11.9. The van der Waals surface area contributed by atoms with Gasteiger partial charge in [0.05, 0.1) is 6.10 Å². The minimum Gasteiger partial charge on any atom is -0.390 e. The van der Waals surface area contributed by atoms with Gasteiger partial charge in [-0.15, -0.1) is 0 Å². The maximum Gasteiger partial charge on any atom is 0.129 e. The second kappa shape index (κ2) is 8.10. The lowest BCUT2D eigenvalue weighted by atomic mass is 9.44. The molecule has 0 aromatic carbocycles. The van der Waals surface area contributed by atoms with E-state index in [-0.39, 0.29) is 11.3 Å². The molecule has 0 saturated heterocycles. The van der Waals surface area contributed by atoms with Crippen LogP contribution in [0.3, 0.4) is 0 Å². The van der Waals surface area contributed by atoms with Gasteiger partial charge in [0.25, 0.3) is 0 Å². The van der Waals surface area contributed by atoms with Gasteiger partial charge >= 0.3 is 0 Å². The average molecular weight is 407 g/mol. The summed E-state index contributed by atoms with van der Waals surface area (Å²) in [5, 5.41) is 10.1. The van der Waals surface area contributed by atoms with Gasteiger partial charge in [-0.1, -0.05) is 53.9 Å².